The van der Waals surface area contributed by atoms with Crippen LogP contribution in [0.1, 0.15) is 25.3 Å². The summed E-state index contributed by atoms with van der Waals surface area (Å²) in [7, 11) is -4.16. The zero-order valence-corrected chi connectivity index (χ0v) is 18.3. The maximum absolute atomic E-state index is 13.0. The van der Waals surface area contributed by atoms with E-state index in [1.807, 2.05) is 0 Å². The van der Waals surface area contributed by atoms with Gasteiger partial charge in [0.05, 0.1) is 28.7 Å². The maximum Gasteiger partial charge on any atom is 0.416 e. The largest absolute Gasteiger partial charge is 0.478 e. The first kappa shape index (κ1) is 25.6. The first-order valence-electron chi connectivity index (χ1n) is 9.22. The topological polar surface area (TPSA) is 121 Å². The van der Waals surface area contributed by atoms with Gasteiger partial charge in [-0.25, -0.2) is 13.1 Å². The number of hydrogen-bond acceptors (Lipinski definition) is 7. The first-order chi connectivity index (χ1) is 14.9. The van der Waals surface area contributed by atoms with Crippen molar-refractivity contribution in [3.8, 4) is 11.8 Å². The highest BCUT2D eigenvalue weighted by atomic mass is 35.5. The van der Waals surface area contributed by atoms with Gasteiger partial charge in [-0.1, -0.05) is 18.5 Å². The number of alkyl halides is 3. The molecule has 0 aliphatic rings. The highest BCUT2D eigenvalue weighted by molar-refractivity contribution is 7.89. The van der Waals surface area contributed by atoms with E-state index in [-0.39, 0.29) is 43.0 Å². The van der Waals surface area contributed by atoms with Crippen LogP contribution >= 0.6 is 11.6 Å². The Labute approximate surface area is 186 Å². The molecule has 1 N–H and O–H groups in total. The summed E-state index contributed by atoms with van der Waals surface area (Å²) in [6.07, 6.45) is -3.99. The summed E-state index contributed by atoms with van der Waals surface area (Å²) in [6.45, 7) is 1.63. The van der Waals surface area contributed by atoms with Gasteiger partial charge in [0.25, 0.3) is 5.69 Å². The van der Waals surface area contributed by atoms with Crippen LogP contribution in [0, 0.1) is 10.1 Å². The molecule has 1 heterocycles. The van der Waals surface area contributed by atoms with E-state index >= 15 is 0 Å². The van der Waals surface area contributed by atoms with Crippen molar-refractivity contribution in [3.63, 3.8) is 0 Å². The van der Waals surface area contributed by atoms with Gasteiger partial charge < -0.3 is 9.47 Å². The summed E-state index contributed by atoms with van der Waals surface area (Å²) in [6, 6.07) is 4.46. The average molecular weight is 498 g/mol. The van der Waals surface area contributed by atoms with Gasteiger partial charge in [0, 0.05) is 30.8 Å². The van der Waals surface area contributed by atoms with Crippen molar-refractivity contribution in [2.75, 3.05) is 19.8 Å². The van der Waals surface area contributed by atoms with Crippen LogP contribution in [0.5, 0.6) is 11.8 Å². The average Bonchev–Trinajstić information content (AvgIpc) is 2.71. The van der Waals surface area contributed by atoms with Gasteiger partial charge >= 0.3 is 6.18 Å². The number of sulfonamides is 1. The zero-order chi connectivity index (χ0) is 23.9. The minimum atomic E-state index is -4.63. The lowest BCUT2D eigenvalue weighted by atomic mass is 10.2. The van der Waals surface area contributed by atoms with Crippen molar-refractivity contribution in [2.45, 2.75) is 30.8 Å². The van der Waals surface area contributed by atoms with Gasteiger partial charge in [-0.15, -0.1) is 0 Å². The van der Waals surface area contributed by atoms with Crippen LogP contribution in [0.3, 0.4) is 0 Å². The number of nitro groups is 1. The molecule has 0 fully saturated rings. The second-order valence-electron chi connectivity index (χ2n) is 6.35. The number of aromatic nitrogens is 1. The Morgan fingerprint density at radius 1 is 1.16 bits per heavy atom. The van der Waals surface area contributed by atoms with E-state index in [0.717, 1.165) is 24.3 Å². The van der Waals surface area contributed by atoms with E-state index in [0.29, 0.717) is 12.5 Å². The second kappa shape index (κ2) is 10.8. The minimum absolute atomic E-state index is 0.0643. The fourth-order valence-electron chi connectivity index (χ4n) is 2.34. The zero-order valence-electron chi connectivity index (χ0n) is 16.7. The number of ether oxygens (including phenoxy) is 2. The van der Waals surface area contributed by atoms with E-state index in [2.05, 4.69) is 9.71 Å². The lowest BCUT2D eigenvalue weighted by Gasteiger charge is -2.13. The summed E-state index contributed by atoms with van der Waals surface area (Å²) < 4.78 is 76.4. The molecule has 0 amide bonds. The molecule has 1 aromatic carbocycles. The van der Waals surface area contributed by atoms with Gasteiger partial charge in [0.15, 0.2) is 0 Å². The third-order valence-corrected chi connectivity index (χ3v) is 5.78. The molecule has 176 valence electrons. The van der Waals surface area contributed by atoms with Crippen LogP contribution in [-0.4, -0.2) is 38.1 Å². The lowest BCUT2D eigenvalue weighted by molar-refractivity contribution is -0.385. The molecule has 0 aliphatic heterocycles. The Bertz CT molecular complexity index is 1070. The van der Waals surface area contributed by atoms with E-state index in [9.17, 15) is 31.7 Å². The van der Waals surface area contributed by atoms with Gasteiger partial charge in [-0.3, -0.25) is 10.1 Å². The summed E-state index contributed by atoms with van der Waals surface area (Å²) in [5.41, 5.74) is -1.44. The van der Waals surface area contributed by atoms with Crippen LogP contribution in [0.25, 0.3) is 0 Å². The van der Waals surface area contributed by atoms with Gasteiger partial charge in [-0.2, -0.15) is 18.2 Å². The third-order valence-electron chi connectivity index (χ3n) is 3.84. The number of pyridine rings is 1. The Hall–Kier alpha value is -2.64. The molecular weight excluding hydrogens is 479 g/mol. The number of non-ortho nitro benzene ring substituents is 1. The molecule has 2 rings (SSSR count). The molecule has 0 unspecified atom stereocenters. The van der Waals surface area contributed by atoms with Crippen molar-refractivity contribution >= 4 is 27.3 Å². The molecule has 0 saturated heterocycles. The van der Waals surface area contributed by atoms with E-state index in [1.54, 1.807) is 6.92 Å². The molecule has 0 atom stereocenters. The van der Waals surface area contributed by atoms with E-state index < -0.39 is 37.3 Å². The maximum atomic E-state index is 13.0. The van der Waals surface area contributed by atoms with Crippen molar-refractivity contribution in [3.05, 3.63) is 51.0 Å². The van der Waals surface area contributed by atoms with Gasteiger partial charge in [0.2, 0.25) is 21.8 Å². The molecule has 14 heteroatoms. The summed E-state index contributed by atoms with van der Waals surface area (Å²) >= 11 is 5.83. The SMILES string of the molecule is CCCOc1cc(C(F)(F)F)cc(OCCCNS(=O)(=O)c2cc([N+](=O)[O-])ccc2Cl)n1. The van der Waals surface area contributed by atoms with Crippen molar-refractivity contribution in [2.24, 2.45) is 0 Å². The highest BCUT2D eigenvalue weighted by Gasteiger charge is 2.32. The fraction of sp³-hybridized carbons (Fsp3) is 0.389. The number of nitro benzene ring substituents is 1. The molecule has 9 nitrogen and oxygen atoms in total. The number of halogens is 4. The monoisotopic (exact) mass is 497 g/mol. The summed E-state index contributed by atoms with van der Waals surface area (Å²) in [5.74, 6) is -0.562. The molecule has 1 aromatic heterocycles. The highest BCUT2D eigenvalue weighted by Crippen LogP contribution is 2.33. The molecule has 0 aliphatic carbocycles. The van der Waals surface area contributed by atoms with E-state index in [1.165, 1.54) is 0 Å². The Morgan fingerprint density at radius 2 is 1.78 bits per heavy atom. The van der Waals surface area contributed by atoms with Crippen LogP contribution in [0.2, 0.25) is 5.02 Å². The van der Waals surface area contributed by atoms with Crippen LogP contribution in [0.15, 0.2) is 35.2 Å². The molecular formula is C18H19ClF3N3O6S. The Kier molecular flexibility index (Phi) is 8.64. The van der Waals surface area contributed by atoms with Crippen molar-refractivity contribution < 1.29 is 36.0 Å². The van der Waals surface area contributed by atoms with Crippen molar-refractivity contribution in [1.82, 2.24) is 9.71 Å². The predicted octanol–water partition coefficient (Wildman–Crippen LogP) is 4.20. The van der Waals surface area contributed by atoms with Gasteiger partial charge in [-0.05, 0) is 18.9 Å². The minimum Gasteiger partial charge on any atom is -0.478 e. The summed E-state index contributed by atoms with van der Waals surface area (Å²) in [5, 5.41) is 10.6. The Balaban J connectivity index is 1.99. The van der Waals surface area contributed by atoms with Crippen LogP contribution in [-0.2, 0) is 16.2 Å². The number of benzene rings is 1. The van der Waals surface area contributed by atoms with Gasteiger partial charge in [0.1, 0.15) is 4.90 Å². The number of nitrogens with zero attached hydrogens (tertiary/aromatic N) is 2. The number of rotatable bonds is 11. The van der Waals surface area contributed by atoms with Crippen LogP contribution in [0.4, 0.5) is 18.9 Å². The fourth-order valence-corrected chi connectivity index (χ4v) is 3.94. The van der Waals surface area contributed by atoms with E-state index in [4.69, 9.17) is 21.1 Å². The number of nitrogens with one attached hydrogen (secondary N) is 1. The molecule has 0 spiro atoms. The third kappa shape index (κ3) is 7.21. The smallest absolute Gasteiger partial charge is 0.416 e. The standard InChI is InChI=1S/C18H19ClF3N3O6S/c1-2-7-30-16-9-12(18(20,21)22)10-17(24-16)31-8-3-6-23-32(28,29)15-11-13(25(26)27)4-5-14(15)19/h4-5,9-11,23H,2-3,6-8H2,1H3. The Morgan fingerprint density at radius 3 is 2.34 bits per heavy atom. The molecule has 0 bridgehead atoms. The first-order valence-corrected chi connectivity index (χ1v) is 11.1. The molecule has 2 aromatic rings. The lowest BCUT2D eigenvalue weighted by Crippen LogP contribution is -2.26. The molecule has 0 saturated carbocycles. The second-order valence-corrected chi connectivity index (χ2v) is 8.49. The predicted molar refractivity (Wildman–Crippen MR) is 108 cm³/mol. The molecule has 0 radical (unpaired) electrons. The number of hydrogen-bond donors (Lipinski definition) is 1. The van der Waals surface area contributed by atoms with Crippen molar-refractivity contribution in [1.29, 1.82) is 0 Å². The normalized spacial score (nSPS) is 11.9. The summed E-state index contributed by atoms with van der Waals surface area (Å²) in [4.78, 5) is 13.5. The molecule has 32 heavy (non-hydrogen) atoms. The van der Waals surface area contributed by atoms with Crippen LogP contribution < -0.4 is 14.2 Å². The quantitative estimate of drug-likeness (QED) is 0.280.